The van der Waals surface area contributed by atoms with E-state index in [1.807, 2.05) is 0 Å². The number of aliphatic hydroxyl groups is 2. The zero-order valence-electron chi connectivity index (χ0n) is 43.2. The summed E-state index contributed by atoms with van der Waals surface area (Å²) >= 11 is 0. The maximum Gasteiger partial charge on any atom is 0.332 e. The Hall–Kier alpha value is -0.430. The first-order valence-corrected chi connectivity index (χ1v) is 29.6. The summed E-state index contributed by atoms with van der Waals surface area (Å²) in [6.45, 7) is 7.19. The molecule has 0 saturated heterocycles. The van der Waals surface area contributed by atoms with Gasteiger partial charge in [-0.15, -0.1) is 0 Å². The third-order valence-electron chi connectivity index (χ3n) is 13.0. The molecule has 0 amide bonds. The molecule has 64 heavy (non-hydrogen) atoms. The van der Waals surface area contributed by atoms with Crippen molar-refractivity contribution in [1.29, 1.82) is 0 Å². The van der Waals surface area contributed by atoms with E-state index in [9.17, 15) is 19.8 Å². The first-order chi connectivity index (χ1) is 31.4. The number of ketones is 2. The van der Waals surface area contributed by atoms with Gasteiger partial charge in [0.2, 0.25) is 0 Å². The van der Waals surface area contributed by atoms with E-state index in [-0.39, 0.29) is 37.6 Å². The zero-order chi connectivity index (χ0) is 46.7. The topological polar surface area (TPSA) is 102 Å². The number of unbranched alkanes of at least 4 members (excludes halogenated alkanes) is 39. The van der Waals surface area contributed by atoms with Gasteiger partial charge in [0.25, 0.3) is 0 Å². The van der Waals surface area contributed by atoms with Crippen LogP contribution in [0.2, 0.25) is 0 Å². The second-order valence-electron chi connectivity index (χ2n) is 19.7. The number of carbonyl (C=O) groups is 2. The van der Waals surface area contributed by atoms with E-state index in [2.05, 4.69) is 20.8 Å². The van der Waals surface area contributed by atoms with Crippen LogP contribution >= 0.6 is 8.60 Å². The summed E-state index contributed by atoms with van der Waals surface area (Å²) in [5.41, 5.74) is 0. The van der Waals surface area contributed by atoms with Gasteiger partial charge >= 0.3 is 8.60 Å². The molecule has 0 aromatic rings. The predicted molar refractivity (Wildman–Crippen MR) is 276 cm³/mol. The Morgan fingerprint density at radius 1 is 0.328 bits per heavy atom. The molecule has 0 bridgehead atoms. The van der Waals surface area contributed by atoms with Crippen molar-refractivity contribution in [2.75, 3.05) is 19.8 Å². The maximum absolute atomic E-state index is 12.6. The SMILES string of the molecule is CCCCCCCCCCCCCCCCCCOP(OCC(O)CC(=O)CCCCCCCCCCCCCCC)OCC(O)CC(=O)CCCCCCCCCCCCCCC. The lowest BCUT2D eigenvalue weighted by Crippen LogP contribution is -2.21. The molecule has 0 radical (unpaired) electrons. The molecule has 0 spiro atoms. The lowest BCUT2D eigenvalue weighted by molar-refractivity contribution is -0.122. The van der Waals surface area contributed by atoms with Gasteiger partial charge in [-0.2, -0.15) is 0 Å². The fraction of sp³-hybridized carbons (Fsp3) is 0.964. The predicted octanol–water partition coefficient (Wildman–Crippen LogP) is 18.1. The monoisotopic (exact) mass is 927 g/mol. The van der Waals surface area contributed by atoms with Crippen molar-refractivity contribution in [2.24, 2.45) is 0 Å². The quantitative estimate of drug-likeness (QED) is 0.0463. The Bertz CT molecular complexity index is 881. The van der Waals surface area contributed by atoms with Crippen molar-refractivity contribution in [2.45, 2.75) is 328 Å². The van der Waals surface area contributed by atoms with Gasteiger partial charge in [-0.05, 0) is 19.3 Å². The highest BCUT2D eigenvalue weighted by atomic mass is 31.2. The van der Waals surface area contributed by atoms with Gasteiger partial charge in [-0.25, -0.2) is 0 Å². The van der Waals surface area contributed by atoms with Gasteiger partial charge in [0.15, 0.2) is 0 Å². The third kappa shape index (κ3) is 51.0. The number of Topliss-reactive ketones (excluding diaryl/α,β-unsaturated/α-hetero) is 2. The average Bonchev–Trinajstić information content (AvgIpc) is 3.28. The highest BCUT2D eigenvalue weighted by Crippen LogP contribution is 2.40. The van der Waals surface area contributed by atoms with Crippen molar-refractivity contribution >= 4 is 20.2 Å². The van der Waals surface area contributed by atoms with Crippen LogP contribution < -0.4 is 0 Å². The van der Waals surface area contributed by atoms with E-state index >= 15 is 0 Å². The summed E-state index contributed by atoms with van der Waals surface area (Å²) in [5, 5.41) is 21.3. The van der Waals surface area contributed by atoms with Crippen LogP contribution in [-0.2, 0) is 23.2 Å². The molecule has 0 aliphatic carbocycles. The van der Waals surface area contributed by atoms with Gasteiger partial charge in [-0.1, -0.05) is 271 Å². The molecule has 0 heterocycles. The Balaban J connectivity index is 4.37. The number of hydrogen-bond donors (Lipinski definition) is 2. The van der Waals surface area contributed by atoms with Crippen LogP contribution in [0.15, 0.2) is 0 Å². The summed E-state index contributed by atoms with van der Waals surface area (Å²) in [6, 6.07) is 0. The fourth-order valence-corrected chi connectivity index (χ4v) is 9.81. The molecule has 0 aromatic carbocycles. The van der Waals surface area contributed by atoms with Gasteiger partial charge in [0, 0.05) is 25.7 Å². The smallest absolute Gasteiger partial charge is 0.332 e. The first kappa shape index (κ1) is 63.6. The summed E-state index contributed by atoms with van der Waals surface area (Å²) in [5.74, 6) is 0.131. The van der Waals surface area contributed by atoms with Crippen molar-refractivity contribution in [3.05, 3.63) is 0 Å². The van der Waals surface area contributed by atoms with E-state index in [1.54, 1.807) is 0 Å². The molecule has 2 atom stereocenters. The molecule has 0 aromatic heterocycles. The molecule has 7 nitrogen and oxygen atoms in total. The second-order valence-corrected chi connectivity index (χ2v) is 21.0. The van der Waals surface area contributed by atoms with Crippen LogP contribution in [0.3, 0.4) is 0 Å². The van der Waals surface area contributed by atoms with Crippen LogP contribution in [0.1, 0.15) is 316 Å². The highest BCUT2D eigenvalue weighted by molar-refractivity contribution is 7.41. The summed E-state index contributed by atoms with van der Waals surface area (Å²) in [6.07, 6.45) is 53.2. The zero-order valence-corrected chi connectivity index (χ0v) is 44.1. The molecule has 0 aliphatic heterocycles. The van der Waals surface area contributed by atoms with Crippen LogP contribution in [0.4, 0.5) is 0 Å². The van der Waals surface area contributed by atoms with Gasteiger partial charge in [0.05, 0.1) is 32.0 Å². The van der Waals surface area contributed by atoms with Gasteiger partial charge in [0.1, 0.15) is 11.6 Å². The van der Waals surface area contributed by atoms with Crippen molar-refractivity contribution in [3.63, 3.8) is 0 Å². The first-order valence-electron chi connectivity index (χ1n) is 28.5. The minimum absolute atomic E-state index is 0.0525. The minimum Gasteiger partial charge on any atom is -0.390 e. The van der Waals surface area contributed by atoms with E-state index in [1.165, 1.54) is 231 Å². The average molecular weight is 927 g/mol. The maximum atomic E-state index is 12.6. The molecule has 2 unspecified atom stereocenters. The minimum atomic E-state index is -1.82. The standard InChI is InChI=1S/C56H111O7P/c1-4-7-10-13-16-19-22-25-26-27-30-33-36-39-42-45-48-61-64(62-51-55(59)49-53(57)46-43-40-37-34-31-28-23-20-17-14-11-8-5-2)63-52-56(60)50-54(58)47-44-41-38-35-32-29-24-21-18-15-12-9-6-3/h55-56,59-60H,4-52H2,1-3H3. The Morgan fingerprint density at radius 2 is 0.547 bits per heavy atom. The van der Waals surface area contributed by atoms with Crippen LogP contribution in [-0.4, -0.2) is 53.8 Å². The molecule has 8 heteroatoms. The number of aliphatic hydroxyl groups excluding tert-OH is 2. The molecule has 382 valence electrons. The second kappa shape index (κ2) is 53.5. The fourth-order valence-electron chi connectivity index (χ4n) is 8.72. The molecule has 0 rings (SSSR count). The molecule has 0 saturated carbocycles. The lowest BCUT2D eigenvalue weighted by atomic mass is 10.0. The molecule has 0 fully saturated rings. The van der Waals surface area contributed by atoms with Crippen molar-refractivity contribution < 1.29 is 33.4 Å². The molecular formula is C56H111O7P. The normalized spacial score (nSPS) is 13.1. The van der Waals surface area contributed by atoms with Crippen LogP contribution in [0, 0.1) is 0 Å². The Kier molecular flexibility index (Phi) is 53.2. The van der Waals surface area contributed by atoms with E-state index < -0.39 is 20.8 Å². The highest BCUT2D eigenvalue weighted by Gasteiger charge is 2.20. The van der Waals surface area contributed by atoms with E-state index in [0.29, 0.717) is 19.4 Å². The molecule has 0 aliphatic rings. The van der Waals surface area contributed by atoms with Crippen molar-refractivity contribution in [3.8, 4) is 0 Å². The summed E-state index contributed by atoms with van der Waals surface area (Å²) < 4.78 is 17.8. The number of rotatable bonds is 56. The molecule has 2 N–H and O–H groups in total. The van der Waals surface area contributed by atoms with E-state index in [4.69, 9.17) is 13.6 Å². The van der Waals surface area contributed by atoms with Gasteiger partial charge < -0.3 is 23.8 Å². The molecular weight excluding hydrogens is 816 g/mol. The Labute approximate surface area is 400 Å². The van der Waals surface area contributed by atoms with Crippen LogP contribution in [0.25, 0.3) is 0 Å². The van der Waals surface area contributed by atoms with Crippen LogP contribution in [0.5, 0.6) is 0 Å². The summed E-state index contributed by atoms with van der Waals surface area (Å²) in [7, 11) is -1.82. The number of carbonyl (C=O) groups excluding carboxylic acids is 2. The third-order valence-corrected chi connectivity index (χ3v) is 14.1. The largest absolute Gasteiger partial charge is 0.390 e. The van der Waals surface area contributed by atoms with Crippen molar-refractivity contribution in [1.82, 2.24) is 0 Å². The van der Waals surface area contributed by atoms with E-state index in [0.717, 1.165) is 38.5 Å². The number of hydrogen-bond acceptors (Lipinski definition) is 7. The lowest BCUT2D eigenvalue weighted by Gasteiger charge is -2.20. The Morgan fingerprint density at radius 3 is 0.797 bits per heavy atom. The van der Waals surface area contributed by atoms with Gasteiger partial charge in [-0.3, -0.25) is 9.59 Å². The summed E-state index contributed by atoms with van der Waals surface area (Å²) in [4.78, 5) is 25.3.